The van der Waals surface area contributed by atoms with Gasteiger partial charge in [-0.05, 0) is 13.0 Å². The van der Waals surface area contributed by atoms with Gasteiger partial charge < -0.3 is 14.7 Å². The molecule has 2 rings (SSSR count). The van der Waals surface area contributed by atoms with Gasteiger partial charge in [0.2, 0.25) is 5.95 Å². The van der Waals surface area contributed by atoms with Gasteiger partial charge in [0.05, 0.1) is 18.8 Å². The van der Waals surface area contributed by atoms with E-state index in [1.54, 1.807) is 6.07 Å². The number of aliphatic hydroxyl groups excluding tert-OH is 1. The van der Waals surface area contributed by atoms with Crippen LogP contribution in [0.3, 0.4) is 0 Å². The largest absolute Gasteiger partial charge is 0.394 e. The SMILES string of the molecule is CC1CN(c2ccnc(F)c2)CC(CO)O1. The third-order valence-corrected chi connectivity index (χ3v) is 2.61. The summed E-state index contributed by atoms with van der Waals surface area (Å²) in [6.45, 7) is 3.19. The number of halogens is 1. The van der Waals surface area contributed by atoms with Crippen LogP contribution in [0.15, 0.2) is 18.3 Å². The second-order valence-electron chi connectivity index (χ2n) is 3.99. The molecular formula is C11H15FN2O2. The second-order valence-corrected chi connectivity index (χ2v) is 3.99. The Labute approximate surface area is 93.7 Å². The van der Waals surface area contributed by atoms with Crippen LogP contribution < -0.4 is 4.90 Å². The minimum absolute atomic E-state index is 0.0194. The van der Waals surface area contributed by atoms with Crippen molar-refractivity contribution >= 4 is 5.69 Å². The summed E-state index contributed by atoms with van der Waals surface area (Å²) in [4.78, 5) is 5.52. The molecule has 0 aliphatic carbocycles. The highest BCUT2D eigenvalue weighted by Crippen LogP contribution is 2.20. The van der Waals surface area contributed by atoms with Crippen molar-refractivity contribution in [3.63, 3.8) is 0 Å². The van der Waals surface area contributed by atoms with E-state index in [0.717, 1.165) is 5.69 Å². The summed E-state index contributed by atoms with van der Waals surface area (Å²) < 4.78 is 18.5. The number of hydrogen-bond acceptors (Lipinski definition) is 4. The molecular weight excluding hydrogens is 211 g/mol. The van der Waals surface area contributed by atoms with Crippen molar-refractivity contribution in [1.82, 2.24) is 4.98 Å². The van der Waals surface area contributed by atoms with Gasteiger partial charge in [0.25, 0.3) is 0 Å². The molecule has 4 nitrogen and oxygen atoms in total. The summed E-state index contributed by atoms with van der Waals surface area (Å²) in [5.41, 5.74) is 0.779. The standard InChI is InChI=1S/C11H15FN2O2/c1-8-5-14(6-10(7-15)16-8)9-2-3-13-11(12)4-9/h2-4,8,10,15H,5-7H2,1H3. The van der Waals surface area contributed by atoms with Gasteiger partial charge in [0, 0.05) is 31.0 Å². The van der Waals surface area contributed by atoms with Gasteiger partial charge in [-0.1, -0.05) is 0 Å². The lowest BCUT2D eigenvalue weighted by atomic mass is 10.2. The predicted molar refractivity (Wildman–Crippen MR) is 57.8 cm³/mol. The second kappa shape index (κ2) is 4.76. The summed E-state index contributed by atoms with van der Waals surface area (Å²) in [5.74, 6) is -0.489. The van der Waals surface area contributed by atoms with Crippen LogP contribution >= 0.6 is 0 Å². The van der Waals surface area contributed by atoms with Crippen molar-refractivity contribution < 1.29 is 14.2 Å². The van der Waals surface area contributed by atoms with Crippen LogP contribution in [0.1, 0.15) is 6.92 Å². The Morgan fingerprint density at radius 3 is 3.12 bits per heavy atom. The van der Waals surface area contributed by atoms with Gasteiger partial charge in [-0.2, -0.15) is 4.39 Å². The van der Waals surface area contributed by atoms with Crippen LogP contribution in [0.5, 0.6) is 0 Å². The van der Waals surface area contributed by atoms with E-state index in [1.807, 2.05) is 11.8 Å². The Bertz CT molecular complexity index is 362. The molecule has 0 spiro atoms. The molecule has 16 heavy (non-hydrogen) atoms. The van der Waals surface area contributed by atoms with E-state index in [9.17, 15) is 4.39 Å². The Balaban J connectivity index is 2.14. The minimum atomic E-state index is -0.489. The molecule has 1 N–H and O–H groups in total. The van der Waals surface area contributed by atoms with Crippen molar-refractivity contribution in [2.45, 2.75) is 19.1 Å². The van der Waals surface area contributed by atoms with Gasteiger partial charge in [0.15, 0.2) is 0 Å². The zero-order chi connectivity index (χ0) is 11.5. The summed E-state index contributed by atoms with van der Waals surface area (Å²) >= 11 is 0. The van der Waals surface area contributed by atoms with E-state index in [0.29, 0.717) is 13.1 Å². The van der Waals surface area contributed by atoms with E-state index in [4.69, 9.17) is 9.84 Å². The maximum atomic E-state index is 13.0. The first kappa shape index (κ1) is 11.3. The molecule has 2 atom stereocenters. The van der Waals surface area contributed by atoms with E-state index in [1.165, 1.54) is 12.3 Å². The molecule has 0 radical (unpaired) electrons. The van der Waals surface area contributed by atoms with Crippen LogP contribution in [0.25, 0.3) is 0 Å². The van der Waals surface area contributed by atoms with Gasteiger partial charge >= 0.3 is 0 Å². The number of anilines is 1. The molecule has 0 aromatic carbocycles. The number of nitrogens with zero attached hydrogens (tertiary/aromatic N) is 2. The van der Waals surface area contributed by atoms with Gasteiger partial charge in [-0.25, -0.2) is 4.98 Å². The highest BCUT2D eigenvalue weighted by atomic mass is 19.1. The average molecular weight is 226 g/mol. The van der Waals surface area contributed by atoms with Crippen molar-refractivity contribution in [2.24, 2.45) is 0 Å². The fourth-order valence-electron chi connectivity index (χ4n) is 1.95. The highest BCUT2D eigenvalue weighted by molar-refractivity contribution is 5.45. The molecule has 1 aliphatic rings. The number of ether oxygens (including phenoxy) is 1. The molecule has 0 bridgehead atoms. The number of aliphatic hydroxyl groups is 1. The van der Waals surface area contributed by atoms with Gasteiger partial charge in [-0.15, -0.1) is 0 Å². The minimum Gasteiger partial charge on any atom is -0.394 e. The molecule has 1 aromatic rings. The molecule has 1 fully saturated rings. The molecule has 0 saturated carbocycles. The first-order valence-electron chi connectivity index (χ1n) is 5.32. The molecule has 1 aromatic heterocycles. The van der Waals surface area contributed by atoms with Crippen LogP contribution in [0.4, 0.5) is 10.1 Å². The number of aromatic nitrogens is 1. The maximum absolute atomic E-state index is 13.0. The molecule has 1 saturated heterocycles. The van der Waals surface area contributed by atoms with Crippen molar-refractivity contribution in [3.8, 4) is 0 Å². The van der Waals surface area contributed by atoms with Crippen molar-refractivity contribution in [2.75, 3.05) is 24.6 Å². The Morgan fingerprint density at radius 1 is 1.62 bits per heavy atom. The van der Waals surface area contributed by atoms with E-state index < -0.39 is 5.95 Å². The smallest absolute Gasteiger partial charge is 0.214 e. The average Bonchev–Trinajstić information content (AvgIpc) is 2.28. The fourth-order valence-corrected chi connectivity index (χ4v) is 1.95. The Kier molecular flexibility index (Phi) is 3.36. The molecule has 0 amide bonds. The lowest BCUT2D eigenvalue weighted by molar-refractivity contribution is -0.0421. The number of hydrogen-bond donors (Lipinski definition) is 1. The molecule has 88 valence electrons. The zero-order valence-electron chi connectivity index (χ0n) is 9.14. The third-order valence-electron chi connectivity index (χ3n) is 2.61. The monoisotopic (exact) mass is 226 g/mol. The number of pyridine rings is 1. The molecule has 2 heterocycles. The van der Waals surface area contributed by atoms with Crippen LogP contribution in [-0.2, 0) is 4.74 Å². The first-order chi connectivity index (χ1) is 7.69. The van der Waals surface area contributed by atoms with E-state index >= 15 is 0 Å². The maximum Gasteiger partial charge on any atom is 0.214 e. The normalized spacial score (nSPS) is 25.8. The summed E-state index contributed by atoms with van der Waals surface area (Å²) in [5, 5.41) is 9.09. The lowest BCUT2D eigenvalue weighted by Crippen LogP contribution is -2.48. The molecule has 2 unspecified atom stereocenters. The Morgan fingerprint density at radius 2 is 2.44 bits per heavy atom. The zero-order valence-corrected chi connectivity index (χ0v) is 9.14. The quantitative estimate of drug-likeness (QED) is 0.758. The Hall–Kier alpha value is -1.20. The van der Waals surface area contributed by atoms with Crippen molar-refractivity contribution in [3.05, 3.63) is 24.3 Å². The fraction of sp³-hybridized carbons (Fsp3) is 0.545. The first-order valence-corrected chi connectivity index (χ1v) is 5.32. The van der Waals surface area contributed by atoms with Crippen molar-refractivity contribution in [1.29, 1.82) is 0 Å². The van der Waals surface area contributed by atoms with E-state index in [-0.39, 0.29) is 18.8 Å². The summed E-state index contributed by atoms with van der Waals surface area (Å²) in [6, 6.07) is 3.15. The molecule has 5 heteroatoms. The predicted octanol–water partition coefficient (Wildman–Crippen LogP) is 0.807. The number of morpholine rings is 1. The topological polar surface area (TPSA) is 45.6 Å². The molecule has 1 aliphatic heterocycles. The van der Waals surface area contributed by atoms with Gasteiger partial charge in [-0.3, -0.25) is 0 Å². The third kappa shape index (κ3) is 2.48. The van der Waals surface area contributed by atoms with E-state index in [2.05, 4.69) is 4.98 Å². The summed E-state index contributed by atoms with van der Waals surface area (Å²) in [6.07, 6.45) is 1.26. The van der Waals surface area contributed by atoms with Crippen LogP contribution in [0.2, 0.25) is 0 Å². The highest BCUT2D eigenvalue weighted by Gasteiger charge is 2.24. The van der Waals surface area contributed by atoms with Gasteiger partial charge in [0.1, 0.15) is 0 Å². The summed E-state index contributed by atoms with van der Waals surface area (Å²) in [7, 11) is 0. The lowest BCUT2D eigenvalue weighted by Gasteiger charge is -2.37. The van der Waals surface area contributed by atoms with Crippen LogP contribution in [0, 0.1) is 5.95 Å². The number of rotatable bonds is 2. The van der Waals surface area contributed by atoms with Crippen LogP contribution in [-0.4, -0.2) is 42.0 Å².